The Morgan fingerprint density at radius 3 is 2.49 bits per heavy atom. The van der Waals surface area contributed by atoms with E-state index in [0.29, 0.717) is 11.5 Å². The van der Waals surface area contributed by atoms with E-state index in [1.165, 1.54) is 18.3 Å². The van der Waals surface area contributed by atoms with Crippen LogP contribution in [-0.2, 0) is 9.84 Å². The van der Waals surface area contributed by atoms with Gasteiger partial charge in [0.1, 0.15) is 11.1 Å². The van der Waals surface area contributed by atoms with E-state index < -0.39 is 21.0 Å². The SMILES string of the molecule is C=CC(c1cccc(Br)c1)S(=O)(=O)c1ncccc1C(=O)NC1CCC(Nc2nc(C)cc(N(C)C)n2)CC1. The summed E-state index contributed by atoms with van der Waals surface area (Å²) in [6.07, 6.45) is 5.87. The fraction of sp³-hybridized carbons (Fsp3) is 0.357. The quantitative estimate of drug-likeness (QED) is 0.329. The molecule has 1 fully saturated rings. The Labute approximate surface area is 238 Å². The fourth-order valence-corrected chi connectivity index (χ4v) is 6.80. The second-order valence-electron chi connectivity index (χ2n) is 9.86. The third-order valence-corrected chi connectivity index (χ3v) is 9.20. The van der Waals surface area contributed by atoms with Gasteiger partial charge in [0.2, 0.25) is 15.8 Å². The third kappa shape index (κ3) is 6.83. The number of rotatable bonds is 9. The highest BCUT2D eigenvalue weighted by Crippen LogP contribution is 2.32. The van der Waals surface area contributed by atoms with Crippen LogP contribution in [0.3, 0.4) is 0 Å². The Kier molecular flexibility index (Phi) is 9.01. The molecule has 39 heavy (non-hydrogen) atoms. The van der Waals surface area contributed by atoms with Crippen molar-refractivity contribution in [1.29, 1.82) is 0 Å². The molecule has 0 saturated heterocycles. The Bertz CT molecular complexity index is 1460. The summed E-state index contributed by atoms with van der Waals surface area (Å²) in [6, 6.07) is 12.1. The number of halogens is 1. The maximum atomic E-state index is 13.6. The average molecular weight is 614 g/mol. The van der Waals surface area contributed by atoms with Crippen LogP contribution < -0.4 is 15.5 Å². The van der Waals surface area contributed by atoms with Crippen LogP contribution >= 0.6 is 15.9 Å². The molecular formula is C28H33BrN6O3S. The first-order chi connectivity index (χ1) is 18.6. The van der Waals surface area contributed by atoms with Crippen molar-refractivity contribution in [2.45, 2.75) is 55.0 Å². The fourth-order valence-electron chi connectivity index (χ4n) is 4.71. The van der Waals surface area contributed by atoms with E-state index in [2.05, 4.69) is 48.1 Å². The van der Waals surface area contributed by atoms with Gasteiger partial charge < -0.3 is 15.5 Å². The van der Waals surface area contributed by atoms with Crippen LogP contribution in [0.4, 0.5) is 11.8 Å². The van der Waals surface area contributed by atoms with E-state index in [1.807, 2.05) is 38.1 Å². The lowest BCUT2D eigenvalue weighted by atomic mass is 9.91. The molecule has 1 aliphatic carbocycles. The van der Waals surface area contributed by atoms with Crippen molar-refractivity contribution >= 4 is 43.4 Å². The van der Waals surface area contributed by atoms with E-state index in [-0.39, 0.29) is 22.7 Å². The molecular weight excluding hydrogens is 580 g/mol. The number of nitrogens with one attached hydrogen (secondary N) is 2. The van der Waals surface area contributed by atoms with E-state index in [0.717, 1.165) is 41.7 Å². The summed E-state index contributed by atoms with van der Waals surface area (Å²) in [7, 11) is -0.150. The van der Waals surface area contributed by atoms with Gasteiger partial charge in [0.25, 0.3) is 5.91 Å². The molecule has 1 aromatic carbocycles. The van der Waals surface area contributed by atoms with E-state index >= 15 is 0 Å². The predicted molar refractivity (Wildman–Crippen MR) is 157 cm³/mol. The van der Waals surface area contributed by atoms with Crippen LogP contribution in [0.5, 0.6) is 0 Å². The monoisotopic (exact) mass is 612 g/mol. The molecule has 2 aromatic heterocycles. The zero-order chi connectivity index (χ0) is 28.2. The van der Waals surface area contributed by atoms with Crippen LogP contribution in [0, 0.1) is 6.92 Å². The third-order valence-electron chi connectivity index (χ3n) is 6.71. The van der Waals surface area contributed by atoms with Gasteiger partial charge in [0.15, 0.2) is 5.03 Å². The van der Waals surface area contributed by atoms with Crippen LogP contribution in [0.1, 0.15) is 52.5 Å². The highest BCUT2D eigenvalue weighted by molar-refractivity contribution is 9.10. The summed E-state index contributed by atoms with van der Waals surface area (Å²) < 4.78 is 28.0. The molecule has 0 spiro atoms. The lowest BCUT2D eigenvalue weighted by Gasteiger charge is -2.30. The van der Waals surface area contributed by atoms with Crippen LogP contribution in [0.15, 0.2) is 70.8 Å². The van der Waals surface area contributed by atoms with Gasteiger partial charge in [-0.3, -0.25) is 4.79 Å². The number of pyridine rings is 1. The molecule has 2 N–H and O–H groups in total. The number of hydrogen-bond donors (Lipinski definition) is 2. The maximum Gasteiger partial charge on any atom is 0.254 e. The Morgan fingerprint density at radius 1 is 1.10 bits per heavy atom. The molecule has 1 unspecified atom stereocenters. The number of aromatic nitrogens is 3. The standard InChI is InChI=1S/C28H33BrN6O3S/c1-5-24(19-8-6-9-20(29)17-19)39(37,38)27-23(10-7-15-30-27)26(36)32-21-11-13-22(14-12-21)33-28-31-18(2)16-25(34-28)35(3)4/h5-10,15-17,21-22,24H,1,11-14H2,2-4H3,(H,32,36)(H,31,33,34). The normalized spacial score (nSPS) is 18.2. The lowest BCUT2D eigenvalue weighted by Crippen LogP contribution is -2.40. The second-order valence-corrected chi connectivity index (χ2v) is 12.8. The summed E-state index contributed by atoms with van der Waals surface area (Å²) in [5, 5.41) is 5.15. The van der Waals surface area contributed by atoms with Gasteiger partial charge in [0, 0.05) is 48.6 Å². The van der Waals surface area contributed by atoms with E-state index in [1.54, 1.807) is 24.3 Å². The smallest absolute Gasteiger partial charge is 0.254 e. The predicted octanol–water partition coefficient (Wildman–Crippen LogP) is 4.86. The van der Waals surface area contributed by atoms with Crippen molar-refractivity contribution in [3.63, 3.8) is 0 Å². The van der Waals surface area contributed by atoms with Crippen LogP contribution in [0.2, 0.25) is 0 Å². The van der Waals surface area contributed by atoms with Crippen molar-refractivity contribution in [2.75, 3.05) is 24.3 Å². The molecule has 0 radical (unpaired) electrons. The van der Waals surface area contributed by atoms with E-state index in [4.69, 9.17) is 0 Å². The van der Waals surface area contributed by atoms with Gasteiger partial charge in [-0.15, -0.1) is 6.58 Å². The number of anilines is 2. The van der Waals surface area contributed by atoms with Crippen molar-refractivity contribution in [1.82, 2.24) is 20.3 Å². The molecule has 1 atom stereocenters. The van der Waals surface area contributed by atoms with Crippen molar-refractivity contribution in [3.8, 4) is 0 Å². The minimum atomic E-state index is -4.03. The number of amides is 1. The van der Waals surface area contributed by atoms with Crippen molar-refractivity contribution in [2.24, 2.45) is 0 Å². The topological polar surface area (TPSA) is 117 Å². The molecule has 1 amide bonds. The number of hydrogen-bond acceptors (Lipinski definition) is 8. The summed E-state index contributed by atoms with van der Waals surface area (Å²) in [5.41, 5.74) is 1.46. The molecule has 3 aromatic rings. The van der Waals surface area contributed by atoms with Crippen LogP contribution in [-0.4, -0.2) is 55.5 Å². The van der Waals surface area contributed by atoms with Crippen LogP contribution in [0.25, 0.3) is 0 Å². The van der Waals surface area contributed by atoms with Gasteiger partial charge in [-0.05, 0) is 62.4 Å². The van der Waals surface area contributed by atoms with Gasteiger partial charge in [-0.2, -0.15) is 4.98 Å². The minimum absolute atomic E-state index is 0.0315. The molecule has 11 heteroatoms. The number of sulfone groups is 1. The first kappa shape index (κ1) is 28.7. The average Bonchev–Trinajstić information content (AvgIpc) is 2.90. The summed E-state index contributed by atoms with van der Waals surface area (Å²) in [4.78, 5) is 28.5. The number of aryl methyl sites for hydroxylation is 1. The summed E-state index contributed by atoms with van der Waals surface area (Å²) in [5.74, 6) is 0.984. The Morgan fingerprint density at radius 2 is 1.82 bits per heavy atom. The highest BCUT2D eigenvalue weighted by Gasteiger charge is 2.33. The molecule has 2 heterocycles. The van der Waals surface area contributed by atoms with Gasteiger partial charge in [-0.1, -0.05) is 34.1 Å². The molecule has 1 aliphatic rings. The zero-order valence-electron chi connectivity index (χ0n) is 22.3. The zero-order valence-corrected chi connectivity index (χ0v) is 24.7. The van der Waals surface area contributed by atoms with E-state index in [9.17, 15) is 13.2 Å². The molecule has 206 valence electrons. The molecule has 4 rings (SSSR count). The highest BCUT2D eigenvalue weighted by atomic mass is 79.9. The maximum absolute atomic E-state index is 13.6. The number of benzene rings is 1. The lowest BCUT2D eigenvalue weighted by molar-refractivity contribution is 0.0922. The number of nitrogens with zero attached hydrogens (tertiary/aromatic N) is 4. The number of carbonyl (C=O) groups excluding carboxylic acids is 1. The molecule has 0 bridgehead atoms. The number of carbonyl (C=O) groups is 1. The van der Waals surface area contributed by atoms with Crippen molar-refractivity contribution < 1.29 is 13.2 Å². The minimum Gasteiger partial charge on any atom is -0.363 e. The molecule has 1 saturated carbocycles. The first-order valence-electron chi connectivity index (χ1n) is 12.8. The summed E-state index contributed by atoms with van der Waals surface area (Å²) in [6.45, 7) is 5.68. The van der Waals surface area contributed by atoms with Crippen molar-refractivity contribution in [3.05, 3.63) is 82.6 Å². The van der Waals surface area contributed by atoms with Gasteiger partial charge in [-0.25, -0.2) is 18.4 Å². The Hall–Kier alpha value is -3.31. The second kappa shape index (κ2) is 12.3. The largest absolute Gasteiger partial charge is 0.363 e. The van der Waals surface area contributed by atoms with Gasteiger partial charge >= 0.3 is 0 Å². The first-order valence-corrected chi connectivity index (χ1v) is 15.1. The molecule has 9 nitrogen and oxygen atoms in total. The van der Waals surface area contributed by atoms with Gasteiger partial charge in [0.05, 0.1) is 5.56 Å². The summed E-state index contributed by atoms with van der Waals surface area (Å²) >= 11 is 3.39. The molecule has 0 aliphatic heterocycles. The Balaban J connectivity index is 1.44.